The Morgan fingerprint density at radius 2 is 2.07 bits per heavy atom. The normalized spacial score (nSPS) is 26.7. The fourth-order valence-corrected chi connectivity index (χ4v) is 2.03. The molecule has 0 amide bonds. The van der Waals surface area contributed by atoms with Crippen LogP contribution in [0.4, 0.5) is 0 Å². The molecule has 2 nitrogen and oxygen atoms in total. The maximum atomic E-state index is 11.7. The monoisotopic (exact) mass is 208 g/mol. The van der Waals surface area contributed by atoms with E-state index in [1.807, 2.05) is 0 Å². The van der Waals surface area contributed by atoms with Crippen LogP contribution in [-0.4, -0.2) is 12.6 Å². The summed E-state index contributed by atoms with van der Waals surface area (Å²) in [5.74, 6) is 0.259. The molecule has 0 radical (unpaired) electrons. The molecule has 1 rings (SSSR count). The van der Waals surface area contributed by atoms with Crippen molar-refractivity contribution in [1.82, 2.24) is 0 Å². The van der Waals surface area contributed by atoms with Crippen molar-refractivity contribution in [3.8, 4) is 0 Å². The molecule has 2 atom stereocenters. The minimum atomic E-state index is -0.0950. The van der Waals surface area contributed by atoms with Crippen molar-refractivity contribution < 1.29 is 9.53 Å². The van der Waals surface area contributed by atoms with Crippen molar-refractivity contribution in [3.63, 3.8) is 0 Å². The summed E-state index contributed by atoms with van der Waals surface area (Å²) in [5, 5.41) is 0. The van der Waals surface area contributed by atoms with Gasteiger partial charge in [-0.15, -0.1) is 0 Å². The zero-order valence-corrected chi connectivity index (χ0v) is 10.0. The molecule has 0 aromatic carbocycles. The van der Waals surface area contributed by atoms with Gasteiger partial charge in [0.15, 0.2) is 0 Å². The third-order valence-electron chi connectivity index (χ3n) is 3.02. The van der Waals surface area contributed by atoms with Gasteiger partial charge in [-0.1, -0.05) is 38.2 Å². The predicted octanol–water partition coefficient (Wildman–Crippen LogP) is 2.95. The Bertz CT molecular complexity index is 296. The van der Waals surface area contributed by atoms with Gasteiger partial charge >= 0.3 is 5.97 Å². The fourth-order valence-electron chi connectivity index (χ4n) is 2.03. The number of ether oxygens (including phenoxy) is 1. The molecular weight excluding hydrogens is 188 g/mol. The average molecular weight is 208 g/mol. The summed E-state index contributed by atoms with van der Waals surface area (Å²) in [5.41, 5.74) is 1.31. The number of hydrogen-bond donors (Lipinski definition) is 0. The van der Waals surface area contributed by atoms with Crippen molar-refractivity contribution in [2.24, 2.45) is 17.3 Å². The summed E-state index contributed by atoms with van der Waals surface area (Å²) in [6, 6.07) is 0. The van der Waals surface area contributed by atoms with E-state index in [0.717, 1.165) is 0 Å². The number of rotatable bonds is 4. The quantitative estimate of drug-likeness (QED) is 0.524. The van der Waals surface area contributed by atoms with Gasteiger partial charge in [0, 0.05) is 0 Å². The highest BCUT2D eigenvalue weighted by Gasteiger charge is 2.61. The Kier molecular flexibility index (Phi) is 3.38. The first kappa shape index (κ1) is 12.0. The molecule has 0 aliphatic heterocycles. The lowest BCUT2D eigenvalue weighted by Gasteiger charge is -2.02. The lowest BCUT2D eigenvalue weighted by atomic mass is 10.1. The minimum Gasteiger partial charge on any atom is -0.461 e. The van der Waals surface area contributed by atoms with E-state index in [1.54, 1.807) is 6.08 Å². The van der Waals surface area contributed by atoms with Gasteiger partial charge in [-0.2, -0.15) is 0 Å². The first-order valence-electron chi connectivity index (χ1n) is 5.33. The van der Waals surface area contributed by atoms with Gasteiger partial charge in [-0.3, -0.25) is 4.79 Å². The second-order valence-electron chi connectivity index (χ2n) is 4.99. The average Bonchev–Trinajstić information content (AvgIpc) is 2.63. The van der Waals surface area contributed by atoms with E-state index >= 15 is 0 Å². The van der Waals surface area contributed by atoms with Crippen molar-refractivity contribution in [2.75, 3.05) is 6.61 Å². The Balaban J connectivity index is 2.61. The van der Waals surface area contributed by atoms with E-state index in [-0.39, 0.29) is 17.3 Å². The summed E-state index contributed by atoms with van der Waals surface area (Å²) in [7, 11) is 0. The molecule has 0 saturated heterocycles. The smallest absolute Gasteiger partial charge is 0.310 e. The van der Waals surface area contributed by atoms with Crippen LogP contribution >= 0.6 is 0 Å². The van der Waals surface area contributed by atoms with Crippen molar-refractivity contribution >= 4 is 5.97 Å². The molecule has 0 aromatic rings. The Morgan fingerprint density at radius 3 is 2.53 bits per heavy atom. The van der Waals surface area contributed by atoms with Gasteiger partial charge in [0.2, 0.25) is 0 Å². The summed E-state index contributed by atoms with van der Waals surface area (Å²) in [6.45, 7) is 12.2. The van der Waals surface area contributed by atoms with E-state index in [4.69, 9.17) is 4.74 Å². The lowest BCUT2D eigenvalue weighted by molar-refractivity contribution is -0.144. The highest BCUT2D eigenvalue weighted by atomic mass is 16.5. The molecule has 1 saturated carbocycles. The van der Waals surface area contributed by atoms with E-state index in [1.165, 1.54) is 5.57 Å². The van der Waals surface area contributed by atoms with Crippen molar-refractivity contribution in [2.45, 2.75) is 27.7 Å². The molecule has 0 unspecified atom stereocenters. The van der Waals surface area contributed by atoms with Crippen molar-refractivity contribution in [3.05, 3.63) is 24.3 Å². The molecule has 1 aliphatic carbocycles. The molecule has 0 bridgehead atoms. The number of hydrogen-bond acceptors (Lipinski definition) is 2. The second-order valence-corrected chi connectivity index (χ2v) is 4.99. The van der Waals surface area contributed by atoms with Crippen LogP contribution in [0.1, 0.15) is 27.7 Å². The zero-order chi connectivity index (χ0) is 11.6. The van der Waals surface area contributed by atoms with E-state index in [0.29, 0.717) is 12.5 Å². The highest BCUT2D eigenvalue weighted by Crippen LogP contribution is 2.59. The molecule has 0 N–H and O–H groups in total. The minimum absolute atomic E-state index is 0.0207. The fraction of sp³-hybridized carbons (Fsp3) is 0.615. The van der Waals surface area contributed by atoms with Crippen LogP contribution in [0.15, 0.2) is 24.3 Å². The molecule has 15 heavy (non-hydrogen) atoms. The van der Waals surface area contributed by atoms with Gasteiger partial charge in [0.05, 0.1) is 5.92 Å². The van der Waals surface area contributed by atoms with Gasteiger partial charge in [0.25, 0.3) is 0 Å². The SMILES string of the molecule is C=CCOC(=O)[C@H]1[C@H](C=C(C)C)C1(C)C. The van der Waals surface area contributed by atoms with E-state index < -0.39 is 0 Å². The molecule has 84 valence electrons. The standard InChI is InChI=1S/C13H20O2/c1-6-7-15-12(14)11-10(8-9(2)3)13(11,4)5/h6,8,10-11H,1,7H2,2-5H3/t10-,11+/m0/s1. The molecule has 0 spiro atoms. The predicted molar refractivity (Wildman–Crippen MR) is 61.3 cm³/mol. The van der Waals surface area contributed by atoms with Gasteiger partial charge in [0.1, 0.15) is 6.61 Å². The largest absolute Gasteiger partial charge is 0.461 e. The molecule has 2 heteroatoms. The number of esters is 1. The summed E-state index contributed by atoms with van der Waals surface area (Å²) >= 11 is 0. The first-order valence-corrected chi connectivity index (χ1v) is 5.33. The summed E-state index contributed by atoms with van der Waals surface area (Å²) in [4.78, 5) is 11.7. The van der Waals surface area contributed by atoms with Gasteiger partial charge in [-0.25, -0.2) is 0 Å². The molecule has 0 aromatic heterocycles. The summed E-state index contributed by atoms with van der Waals surface area (Å²) in [6.07, 6.45) is 3.77. The first-order chi connectivity index (χ1) is 6.91. The highest BCUT2D eigenvalue weighted by molar-refractivity contribution is 5.78. The number of carbonyl (C=O) groups excluding carboxylic acids is 1. The Hall–Kier alpha value is -1.05. The van der Waals surface area contributed by atoms with Crippen LogP contribution in [0.2, 0.25) is 0 Å². The van der Waals surface area contributed by atoms with Crippen LogP contribution in [-0.2, 0) is 9.53 Å². The van der Waals surface area contributed by atoms with Gasteiger partial charge in [-0.05, 0) is 25.2 Å². The summed E-state index contributed by atoms with van der Waals surface area (Å²) < 4.78 is 5.08. The van der Waals surface area contributed by atoms with Crippen molar-refractivity contribution in [1.29, 1.82) is 0 Å². The third-order valence-corrected chi connectivity index (χ3v) is 3.02. The van der Waals surface area contributed by atoms with Crippen LogP contribution in [0.25, 0.3) is 0 Å². The second kappa shape index (κ2) is 4.21. The third kappa shape index (κ3) is 2.49. The van der Waals surface area contributed by atoms with Crippen LogP contribution in [0, 0.1) is 17.3 Å². The Labute approximate surface area is 92.0 Å². The van der Waals surface area contributed by atoms with E-state index in [9.17, 15) is 4.79 Å². The molecule has 0 heterocycles. The van der Waals surface area contributed by atoms with E-state index in [2.05, 4.69) is 40.3 Å². The topological polar surface area (TPSA) is 26.3 Å². The van der Waals surface area contributed by atoms with Crippen LogP contribution in [0.5, 0.6) is 0 Å². The van der Waals surface area contributed by atoms with Crippen LogP contribution in [0.3, 0.4) is 0 Å². The zero-order valence-electron chi connectivity index (χ0n) is 10.0. The molecular formula is C13H20O2. The van der Waals surface area contributed by atoms with Crippen LogP contribution < -0.4 is 0 Å². The number of carbonyl (C=O) groups is 1. The van der Waals surface area contributed by atoms with Gasteiger partial charge < -0.3 is 4.74 Å². The maximum absolute atomic E-state index is 11.7. The maximum Gasteiger partial charge on any atom is 0.310 e. The molecule has 1 fully saturated rings. The Morgan fingerprint density at radius 1 is 1.47 bits per heavy atom. The lowest BCUT2D eigenvalue weighted by Crippen LogP contribution is -2.10. The number of allylic oxidation sites excluding steroid dienone is 2. The molecule has 1 aliphatic rings.